The second kappa shape index (κ2) is 6.15. The number of halogens is 1. The molecular formula is C11H16FN3O3. The molecular weight excluding hydrogens is 241 g/mol. The number of nitrogens with two attached hydrogens (primary N) is 2. The Morgan fingerprint density at radius 2 is 2.22 bits per heavy atom. The van der Waals surface area contributed by atoms with Crippen molar-refractivity contribution >= 4 is 6.09 Å². The number of carbonyl (C=O) groups is 1. The van der Waals surface area contributed by atoms with Crippen LogP contribution in [0.15, 0.2) is 12.3 Å². The van der Waals surface area contributed by atoms with Crippen molar-refractivity contribution in [3.05, 3.63) is 23.6 Å². The maximum Gasteiger partial charge on any atom is 0.404 e. The van der Waals surface area contributed by atoms with Crippen LogP contribution in [0.25, 0.3) is 0 Å². The average Bonchev–Trinajstić information content (AvgIpc) is 2.28. The third-order valence-corrected chi connectivity index (χ3v) is 2.11. The van der Waals surface area contributed by atoms with Crippen molar-refractivity contribution in [3.63, 3.8) is 0 Å². The van der Waals surface area contributed by atoms with E-state index in [0.29, 0.717) is 5.56 Å². The normalized spacial score (nSPS) is 13.8. The average molecular weight is 257 g/mol. The van der Waals surface area contributed by atoms with E-state index in [0.717, 1.165) is 6.20 Å². The first kappa shape index (κ1) is 14.2. The summed E-state index contributed by atoms with van der Waals surface area (Å²) in [6.45, 7) is 3.33. The summed E-state index contributed by atoms with van der Waals surface area (Å²) in [4.78, 5) is 14.3. The molecule has 1 aromatic rings. The van der Waals surface area contributed by atoms with Crippen molar-refractivity contribution in [2.75, 3.05) is 6.61 Å². The maximum absolute atomic E-state index is 13.0. The van der Waals surface area contributed by atoms with Gasteiger partial charge in [-0.2, -0.15) is 0 Å². The lowest BCUT2D eigenvalue weighted by Gasteiger charge is -2.17. The van der Waals surface area contributed by atoms with Crippen molar-refractivity contribution < 1.29 is 18.7 Å². The molecule has 18 heavy (non-hydrogen) atoms. The third kappa shape index (κ3) is 4.17. The Morgan fingerprint density at radius 3 is 2.78 bits per heavy atom. The van der Waals surface area contributed by atoms with Crippen LogP contribution in [0.2, 0.25) is 0 Å². The predicted molar refractivity (Wildman–Crippen MR) is 62.4 cm³/mol. The minimum Gasteiger partial charge on any atom is -0.471 e. The summed E-state index contributed by atoms with van der Waals surface area (Å²) in [5.41, 5.74) is 11.0. The smallest absolute Gasteiger partial charge is 0.404 e. The Balaban J connectivity index is 2.74. The number of nitrogens with zero attached hydrogens (tertiary/aromatic N) is 1. The highest BCUT2D eigenvalue weighted by Gasteiger charge is 2.14. The number of aromatic nitrogens is 1. The largest absolute Gasteiger partial charge is 0.471 e. The fourth-order valence-electron chi connectivity index (χ4n) is 1.29. The number of pyridine rings is 1. The van der Waals surface area contributed by atoms with Crippen LogP contribution in [0.4, 0.5) is 9.18 Å². The van der Waals surface area contributed by atoms with Gasteiger partial charge in [0.25, 0.3) is 0 Å². The summed E-state index contributed by atoms with van der Waals surface area (Å²) in [7, 11) is 0. The maximum atomic E-state index is 13.0. The van der Waals surface area contributed by atoms with Gasteiger partial charge in [-0.1, -0.05) is 0 Å². The molecule has 0 aromatic carbocycles. The molecule has 6 nitrogen and oxygen atoms in total. The second-order valence-corrected chi connectivity index (χ2v) is 3.90. The Labute approximate surface area is 104 Å². The first-order valence-electron chi connectivity index (χ1n) is 5.40. The monoisotopic (exact) mass is 257 g/mol. The molecule has 0 spiro atoms. The fourth-order valence-corrected chi connectivity index (χ4v) is 1.29. The summed E-state index contributed by atoms with van der Waals surface area (Å²) in [5.74, 6) is -0.275. The highest BCUT2D eigenvalue weighted by atomic mass is 19.1. The highest BCUT2D eigenvalue weighted by Crippen LogP contribution is 2.22. The molecule has 100 valence electrons. The number of hydrogen-bond donors (Lipinski definition) is 2. The van der Waals surface area contributed by atoms with Crippen molar-refractivity contribution in [2.45, 2.75) is 26.0 Å². The number of carbonyl (C=O) groups excluding carboxylic acids is 1. The van der Waals surface area contributed by atoms with Crippen LogP contribution >= 0.6 is 0 Å². The quantitative estimate of drug-likeness (QED) is 0.822. The van der Waals surface area contributed by atoms with E-state index >= 15 is 0 Å². The molecule has 0 bridgehead atoms. The summed E-state index contributed by atoms with van der Waals surface area (Å²) in [6.07, 6.45) is -0.319. The second-order valence-electron chi connectivity index (χ2n) is 3.90. The molecule has 0 aliphatic heterocycles. The van der Waals surface area contributed by atoms with Crippen LogP contribution < -0.4 is 16.2 Å². The Morgan fingerprint density at radius 1 is 1.56 bits per heavy atom. The SMILES string of the molecule is CC(COC(N)=O)Oc1ncc(F)cc1C(C)N. The van der Waals surface area contributed by atoms with E-state index in [1.165, 1.54) is 6.07 Å². The number of hydrogen-bond acceptors (Lipinski definition) is 5. The van der Waals surface area contributed by atoms with Crippen LogP contribution in [-0.2, 0) is 4.74 Å². The first-order valence-corrected chi connectivity index (χ1v) is 5.40. The van der Waals surface area contributed by atoms with Gasteiger partial charge in [-0.25, -0.2) is 14.2 Å². The molecule has 4 N–H and O–H groups in total. The lowest BCUT2D eigenvalue weighted by molar-refractivity contribution is 0.0929. The number of rotatable bonds is 5. The van der Waals surface area contributed by atoms with E-state index in [1.807, 2.05) is 0 Å². The third-order valence-electron chi connectivity index (χ3n) is 2.11. The van der Waals surface area contributed by atoms with Crippen molar-refractivity contribution in [3.8, 4) is 5.88 Å². The number of primary amides is 1. The van der Waals surface area contributed by atoms with E-state index in [2.05, 4.69) is 9.72 Å². The van der Waals surface area contributed by atoms with Gasteiger partial charge in [0.05, 0.1) is 6.20 Å². The van der Waals surface area contributed by atoms with E-state index < -0.39 is 24.1 Å². The zero-order valence-electron chi connectivity index (χ0n) is 10.2. The van der Waals surface area contributed by atoms with Crippen LogP contribution in [0.1, 0.15) is 25.5 Å². The summed E-state index contributed by atoms with van der Waals surface area (Å²) in [6, 6.07) is 0.835. The molecule has 0 aliphatic rings. The van der Waals surface area contributed by atoms with Crippen LogP contribution in [-0.4, -0.2) is 23.8 Å². The molecule has 1 aromatic heterocycles. The van der Waals surface area contributed by atoms with Gasteiger partial charge in [0.1, 0.15) is 18.5 Å². The van der Waals surface area contributed by atoms with Crippen molar-refractivity contribution in [2.24, 2.45) is 11.5 Å². The summed E-state index contributed by atoms with van der Waals surface area (Å²) in [5, 5.41) is 0. The van der Waals surface area contributed by atoms with Crippen LogP contribution in [0.5, 0.6) is 5.88 Å². The van der Waals surface area contributed by atoms with E-state index in [-0.39, 0.29) is 12.5 Å². The van der Waals surface area contributed by atoms with Gasteiger partial charge in [-0.3, -0.25) is 0 Å². The molecule has 0 saturated heterocycles. The molecule has 1 rings (SSSR count). The van der Waals surface area contributed by atoms with Gasteiger partial charge in [0.2, 0.25) is 5.88 Å². The zero-order valence-corrected chi connectivity index (χ0v) is 10.2. The van der Waals surface area contributed by atoms with Gasteiger partial charge in [-0.05, 0) is 19.9 Å². The molecule has 2 unspecified atom stereocenters. The highest BCUT2D eigenvalue weighted by molar-refractivity contribution is 5.64. The summed E-state index contributed by atoms with van der Waals surface area (Å²) >= 11 is 0. The Kier molecular flexibility index (Phi) is 4.85. The number of ether oxygens (including phenoxy) is 2. The fraction of sp³-hybridized carbons (Fsp3) is 0.455. The molecule has 0 saturated carbocycles. The molecule has 0 aliphatic carbocycles. The zero-order chi connectivity index (χ0) is 13.7. The van der Waals surface area contributed by atoms with Gasteiger partial charge >= 0.3 is 6.09 Å². The van der Waals surface area contributed by atoms with Crippen molar-refractivity contribution in [1.82, 2.24) is 4.98 Å². The summed E-state index contributed by atoms with van der Waals surface area (Å²) < 4.78 is 23.0. The first-order chi connectivity index (χ1) is 8.40. The van der Waals surface area contributed by atoms with Gasteiger partial charge in [0, 0.05) is 11.6 Å². The van der Waals surface area contributed by atoms with Crippen LogP contribution in [0.3, 0.4) is 0 Å². The molecule has 1 amide bonds. The lowest BCUT2D eigenvalue weighted by Crippen LogP contribution is -2.25. The van der Waals surface area contributed by atoms with Gasteiger partial charge in [-0.15, -0.1) is 0 Å². The standard InChI is InChI=1S/C11H16FN3O3/c1-6(5-17-11(14)16)18-10-9(7(2)13)3-8(12)4-15-10/h3-4,6-7H,5,13H2,1-2H3,(H2,14,16). The van der Waals surface area contributed by atoms with Gasteiger partial charge in [0.15, 0.2) is 0 Å². The van der Waals surface area contributed by atoms with Crippen LogP contribution in [0, 0.1) is 5.82 Å². The molecule has 7 heteroatoms. The molecule has 1 heterocycles. The molecule has 0 radical (unpaired) electrons. The minimum atomic E-state index is -0.884. The van der Waals surface area contributed by atoms with E-state index in [4.69, 9.17) is 16.2 Å². The Hall–Kier alpha value is -1.89. The van der Waals surface area contributed by atoms with E-state index in [1.54, 1.807) is 13.8 Å². The van der Waals surface area contributed by atoms with E-state index in [9.17, 15) is 9.18 Å². The topological polar surface area (TPSA) is 100 Å². The molecule has 2 atom stereocenters. The molecule has 0 fully saturated rings. The van der Waals surface area contributed by atoms with Gasteiger partial charge < -0.3 is 20.9 Å². The minimum absolute atomic E-state index is 0.0210. The predicted octanol–water partition coefficient (Wildman–Crippen LogP) is 1.10. The Bertz CT molecular complexity index is 426. The van der Waals surface area contributed by atoms with Crippen molar-refractivity contribution in [1.29, 1.82) is 0 Å². The lowest BCUT2D eigenvalue weighted by atomic mass is 10.1. The number of amides is 1.